The first-order chi connectivity index (χ1) is 12.4. The molecule has 136 valence electrons. The maximum atomic E-state index is 13.0. The predicted molar refractivity (Wildman–Crippen MR) is 98.4 cm³/mol. The molecule has 0 amide bonds. The first-order valence-corrected chi connectivity index (χ1v) is 8.17. The van der Waals surface area contributed by atoms with E-state index in [1.165, 1.54) is 24.3 Å². The van der Waals surface area contributed by atoms with Crippen LogP contribution < -0.4 is 19.7 Å². The zero-order valence-electron chi connectivity index (χ0n) is 14.1. The minimum atomic E-state index is -2.92. The molecule has 0 saturated heterocycles. The van der Waals surface area contributed by atoms with E-state index in [2.05, 4.69) is 16.6 Å². The van der Waals surface area contributed by atoms with E-state index in [0.717, 1.165) is 5.56 Å². The summed E-state index contributed by atoms with van der Waals surface area (Å²) < 4.78 is 30.5. The zero-order valence-corrected chi connectivity index (χ0v) is 14.9. The highest BCUT2D eigenvalue weighted by Gasteiger charge is 2.18. The van der Waals surface area contributed by atoms with E-state index in [1.807, 2.05) is 13.0 Å². The molecule has 0 radical (unpaired) electrons. The Morgan fingerprint density at radius 1 is 1.35 bits per heavy atom. The van der Waals surface area contributed by atoms with E-state index in [0.29, 0.717) is 12.1 Å². The van der Waals surface area contributed by atoms with Crippen molar-refractivity contribution in [1.82, 2.24) is 5.32 Å². The number of nitrogens with one attached hydrogen (secondary N) is 1. The Bertz CT molecular complexity index is 821. The topological polar surface area (TPSA) is 48.2 Å². The number of halogens is 2. The molecule has 0 aliphatic rings. The van der Waals surface area contributed by atoms with Crippen LogP contribution in [0.25, 0.3) is 11.5 Å². The van der Waals surface area contributed by atoms with Gasteiger partial charge >= 0.3 is 6.61 Å². The van der Waals surface area contributed by atoms with E-state index in [9.17, 15) is 13.9 Å². The van der Waals surface area contributed by atoms with E-state index < -0.39 is 6.61 Å². The van der Waals surface area contributed by atoms with Gasteiger partial charge in [0.2, 0.25) is 5.70 Å². The molecule has 1 aromatic carbocycles. The van der Waals surface area contributed by atoms with Gasteiger partial charge in [-0.3, -0.25) is 0 Å². The highest BCUT2D eigenvalue weighted by Crippen LogP contribution is 2.20. The minimum Gasteiger partial charge on any atom is -0.867 e. The molecule has 2 rings (SSSR count). The fourth-order valence-corrected chi connectivity index (χ4v) is 2.52. The Labute approximate surface area is 156 Å². The van der Waals surface area contributed by atoms with Crippen molar-refractivity contribution in [3.05, 3.63) is 72.6 Å². The molecule has 1 heterocycles. The molecule has 0 bridgehead atoms. The average Bonchev–Trinajstić information content (AvgIpc) is 2.60. The van der Waals surface area contributed by atoms with Gasteiger partial charge in [-0.1, -0.05) is 30.4 Å². The number of ether oxygens (including phenoxy) is 1. The Morgan fingerprint density at radius 3 is 2.62 bits per heavy atom. The smallest absolute Gasteiger partial charge is 0.387 e. The van der Waals surface area contributed by atoms with Crippen LogP contribution in [0.5, 0.6) is 5.75 Å². The summed E-state index contributed by atoms with van der Waals surface area (Å²) in [5, 5.41) is 15.9. The molecule has 0 spiro atoms. The second-order valence-corrected chi connectivity index (χ2v) is 5.78. The molecule has 0 fully saturated rings. The highest BCUT2D eigenvalue weighted by molar-refractivity contribution is 7.81. The number of rotatable bonds is 7. The predicted octanol–water partition coefficient (Wildman–Crippen LogP) is 2.67. The number of nitrogens with zero attached hydrogens (tertiary/aromatic N) is 1. The number of aromatic nitrogens is 1. The van der Waals surface area contributed by atoms with Crippen LogP contribution in [0.4, 0.5) is 8.78 Å². The molecule has 0 saturated carbocycles. The number of pyridine rings is 1. The van der Waals surface area contributed by atoms with Crippen LogP contribution in [-0.2, 0) is 0 Å². The van der Waals surface area contributed by atoms with Crippen LogP contribution in [0, 0.1) is 6.92 Å². The number of hydrogen-bond acceptors (Lipinski definition) is 3. The average molecular weight is 376 g/mol. The summed E-state index contributed by atoms with van der Waals surface area (Å²) in [7, 11) is 0. The first-order valence-electron chi connectivity index (χ1n) is 7.76. The number of aryl methyl sites for hydroxylation is 1. The van der Waals surface area contributed by atoms with Crippen LogP contribution in [0.1, 0.15) is 11.1 Å². The van der Waals surface area contributed by atoms with Gasteiger partial charge in [-0.2, -0.15) is 13.3 Å². The van der Waals surface area contributed by atoms with Crippen molar-refractivity contribution in [3.63, 3.8) is 0 Å². The van der Waals surface area contributed by atoms with E-state index in [-0.39, 0.29) is 22.2 Å². The molecular formula is C19H18F2N2O2S. The molecule has 1 N–H and O–H groups in total. The maximum absolute atomic E-state index is 13.0. The standard InChI is InChI=1S/C19H18F2N2O2S/c1-3-10-22-18(26)16(23-11-4-5-13(2)12-23)17(24)14-6-8-15(9-7-14)25-19(20)21/h3-9,11-12,19H,1,10H2,2H3,(H-,22,24,26). The lowest BCUT2D eigenvalue weighted by Crippen LogP contribution is -2.42. The largest absolute Gasteiger partial charge is 0.867 e. The molecule has 0 unspecified atom stereocenters. The quantitative estimate of drug-likeness (QED) is 0.265. The highest BCUT2D eigenvalue weighted by atomic mass is 32.1. The van der Waals surface area contributed by atoms with Crippen molar-refractivity contribution in [2.45, 2.75) is 13.5 Å². The van der Waals surface area contributed by atoms with Gasteiger partial charge in [0.1, 0.15) is 5.75 Å². The summed E-state index contributed by atoms with van der Waals surface area (Å²) in [5.74, 6) is -0.362. The van der Waals surface area contributed by atoms with Gasteiger partial charge in [-0.25, -0.2) is 0 Å². The number of alkyl halides is 2. The second-order valence-electron chi connectivity index (χ2n) is 5.37. The van der Waals surface area contributed by atoms with E-state index in [1.54, 1.807) is 29.1 Å². The Hall–Kier alpha value is -2.80. The molecule has 7 heteroatoms. The van der Waals surface area contributed by atoms with Crippen LogP contribution in [-0.4, -0.2) is 18.1 Å². The molecule has 26 heavy (non-hydrogen) atoms. The van der Waals surface area contributed by atoms with Gasteiger partial charge in [0, 0.05) is 18.2 Å². The lowest BCUT2D eigenvalue weighted by atomic mass is 10.1. The van der Waals surface area contributed by atoms with Crippen LogP contribution in [0.15, 0.2) is 61.4 Å². The van der Waals surface area contributed by atoms with Crippen molar-refractivity contribution in [2.75, 3.05) is 6.54 Å². The van der Waals surface area contributed by atoms with Crippen LogP contribution in [0.2, 0.25) is 0 Å². The normalized spacial score (nSPS) is 11.7. The summed E-state index contributed by atoms with van der Waals surface area (Å²) in [4.78, 5) is 0.262. The number of hydrogen-bond donors (Lipinski definition) is 1. The lowest BCUT2D eigenvalue weighted by Gasteiger charge is -2.17. The van der Waals surface area contributed by atoms with Crippen molar-refractivity contribution >= 4 is 28.7 Å². The molecule has 2 aromatic rings. The summed E-state index contributed by atoms with van der Waals surface area (Å²) in [6.45, 7) is 3.00. The van der Waals surface area contributed by atoms with Gasteiger partial charge in [0.15, 0.2) is 17.4 Å². The van der Waals surface area contributed by atoms with Gasteiger partial charge in [0.25, 0.3) is 0 Å². The zero-order chi connectivity index (χ0) is 19.1. The molecule has 0 aliphatic carbocycles. The van der Waals surface area contributed by atoms with Crippen molar-refractivity contribution in [1.29, 1.82) is 0 Å². The van der Waals surface area contributed by atoms with Crippen LogP contribution in [0.3, 0.4) is 0 Å². The fourth-order valence-electron chi connectivity index (χ4n) is 2.24. The Kier molecular flexibility index (Phi) is 6.80. The monoisotopic (exact) mass is 376 g/mol. The lowest BCUT2D eigenvalue weighted by molar-refractivity contribution is -0.578. The first kappa shape index (κ1) is 19.5. The van der Waals surface area contributed by atoms with Gasteiger partial charge in [-0.05, 0) is 36.4 Å². The van der Waals surface area contributed by atoms with Crippen molar-refractivity contribution in [2.24, 2.45) is 0 Å². The third-order valence-corrected chi connectivity index (χ3v) is 3.72. The fraction of sp³-hybridized carbons (Fsp3) is 0.158. The second kappa shape index (κ2) is 9.05. The van der Waals surface area contributed by atoms with Gasteiger partial charge in [-0.15, -0.1) is 6.58 Å². The maximum Gasteiger partial charge on any atom is 0.387 e. The molecule has 1 aromatic heterocycles. The third-order valence-electron chi connectivity index (χ3n) is 3.39. The minimum absolute atomic E-state index is 0.0198. The Morgan fingerprint density at radius 2 is 2.04 bits per heavy atom. The van der Waals surface area contributed by atoms with E-state index >= 15 is 0 Å². The van der Waals surface area contributed by atoms with Crippen molar-refractivity contribution < 1.29 is 23.2 Å². The van der Waals surface area contributed by atoms with E-state index in [4.69, 9.17) is 12.2 Å². The summed E-state index contributed by atoms with van der Waals surface area (Å²) >= 11 is 5.36. The van der Waals surface area contributed by atoms with Gasteiger partial charge in [0.05, 0.1) is 0 Å². The Balaban J connectivity index is 2.47. The molecular weight excluding hydrogens is 358 g/mol. The number of benzene rings is 1. The SMILES string of the molecule is C=CCNC(=S)/C(=C(\[O-])c1ccc(OC(F)F)cc1)[n+]1cccc(C)c1. The molecule has 4 nitrogen and oxygen atoms in total. The molecule has 0 atom stereocenters. The van der Waals surface area contributed by atoms with Crippen molar-refractivity contribution in [3.8, 4) is 5.75 Å². The summed E-state index contributed by atoms with van der Waals surface area (Å²) in [6, 6.07) is 9.18. The third kappa shape index (κ3) is 5.10. The van der Waals surface area contributed by atoms with Gasteiger partial charge < -0.3 is 15.2 Å². The van der Waals surface area contributed by atoms with Crippen LogP contribution >= 0.6 is 12.2 Å². The summed E-state index contributed by atoms with van der Waals surface area (Å²) in [6.07, 6.45) is 5.13. The summed E-state index contributed by atoms with van der Waals surface area (Å²) in [5.41, 5.74) is 1.51. The number of thiocarbonyl (C=S) groups is 1. The molecule has 0 aliphatic heterocycles.